The largest absolute Gasteiger partial charge is 0.369 e. The molecule has 0 saturated heterocycles. The molecular weight excluding hydrogens is 214 g/mol. The lowest BCUT2D eigenvalue weighted by Crippen LogP contribution is -2.08. The molecule has 1 rings (SSSR count). The van der Waals surface area contributed by atoms with Crippen molar-refractivity contribution in [1.82, 2.24) is 9.97 Å². The van der Waals surface area contributed by atoms with Gasteiger partial charge in [0.15, 0.2) is 6.29 Å². The van der Waals surface area contributed by atoms with Crippen LogP contribution in [-0.4, -0.2) is 22.8 Å². The normalized spacial score (nSPS) is 9.73. The van der Waals surface area contributed by atoms with Crippen LogP contribution in [0.3, 0.4) is 0 Å². The summed E-state index contributed by atoms with van der Waals surface area (Å²) in [7, 11) is 0. The summed E-state index contributed by atoms with van der Waals surface area (Å²) in [5.74, 6) is 1.01. The Labute approximate surface area is 93.4 Å². The maximum atomic E-state index is 10.8. The summed E-state index contributed by atoms with van der Waals surface area (Å²) in [4.78, 5) is 18.8. The molecule has 0 aliphatic heterocycles. The highest BCUT2D eigenvalue weighted by Crippen LogP contribution is 2.18. The fourth-order valence-corrected chi connectivity index (χ4v) is 1.34. The zero-order chi connectivity index (χ0) is 11.3. The minimum absolute atomic E-state index is 0.179. The minimum Gasteiger partial charge on any atom is -0.369 e. The lowest BCUT2D eigenvalue weighted by Gasteiger charge is -2.08. The van der Waals surface area contributed by atoms with E-state index in [0.717, 1.165) is 6.42 Å². The number of aldehydes is 1. The zero-order valence-corrected chi connectivity index (χ0v) is 9.21. The van der Waals surface area contributed by atoms with Crippen molar-refractivity contribution in [2.75, 3.05) is 11.9 Å². The van der Waals surface area contributed by atoms with Gasteiger partial charge in [-0.2, -0.15) is 0 Å². The van der Waals surface area contributed by atoms with E-state index >= 15 is 0 Å². The number of nitrogens with one attached hydrogen (secondary N) is 1. The summed E-state index contributed by atoms with van der Waals surface area (Å²) >= 11 is 5.81. The Bertz CT molecular complexity index is 379. The molecule has 0 saturated carbocycles. The van der Waals surface area contributed by atoms with E-state index in [0.29, 0.717) is 30.0 Å². The lowest BCUT2D eigenvalue weighted by molar-refractivity contribution is 0.112. The molecule has 0 spiro atoms. The van der Waals surface area contributed by atoms with E-state index in [2.05, 4.69) is 21.9 Å². The minimum atomic E-state index is 0.179. The molecule has 0 aromatic carbocycles. The first kappa shape index (κ1) is 11.7. The Morgan fingerprint density at radius 2 is 2.27 bits per heavy atom. The third kappa shape index (κ3) is 3.02. The Morgan fingerprint density at radius 3 is 2.87 bits per heavy atom. The average Bonchev–Trinajstić information content (AvgIpc) is 2.17. The lowest BCUT2D eigenvalue weighted by atomic mass is 10.3. The van der Waals surface area contributed by atoms with Gasteiger partial charge in [-0.3, -0.25) is 4.79 Å². The standard InChI is InChI=1S/C10H12ClN3O/c1-3-4-5-12-10-8(6-15)9(11)13-7(2)14-10/h3,6H,1,4-5H2,2H3,(H,12,13,14). The van der Waals surface area contributed by atoms with Crippen molar-refractivity contribution in [1.29, 1.82) is 0 Å². The highest BCUT2D eigenvalue weighted by atomic mass is 35.5. The van der Waals surface area contributed by atoms with E-state index in [1.165, 1.54) is 0 Å². The van der Waals surface area contributed by atoms with Crippen molar-refractivity contribution in [3.8, 4) is 0 Å². The van der Waals surface area contributed by atoms with Gasteiger partial charge in [-0.05, 0) is 13.3 Å². The number of nitrogens with zero attached hydrogens (tertiary/aromatic N) is 2. The Hall–Kier alpha value is -1.42. The van der Waals surface area contributed by atoms with Gasteiger partial charge < -0.3 is 5.32 Å². The van der Waals surface area contributed by atoms with Crippen molar-refractivity contribution in [3.05, 3.63) is 29.2 Å². The maximum Gasteiger partial charge on any atom is 0.156 e. The van der Waals surface area contributed by atoms with Crippen molar-refractivity contribution < 1.29 is 4.79 Å². The number of carbonyl (C=O) groups excluding carboxylic acids is 1. The van der Waals surface area contributed by atoms with Crippen LogP contribution in [0.1, 0.15) is 22.6 Å². The third-order valence-electron chi connectivity index (χ3n) is 1.77. The van der Waals surface area contributed by atoms with E-state index in [4.69, 9.17) is 11.6 Å². The number of rotatable bonds is 5. The first-order valence-corrected chi connectivity index (χ1v) is 4.91. The molecule has 0 unspecified atom stereocenters. The maximum absolute atomic E-state index is 10.8. The summed E-state index contributed by atoms with van der Waals surface area (Å²) in [5, 5.41) is 3.19. The van der Waals surface area contributed by atoms with Crippen LogP contribution in [0.5, 0.6) is 0 Å². The van der Waals surface area contributed by atoms with Crippen molar-refractivity contribution in [2.24, 2.45) is 0 Å². The van der Waals surface area contributed by atoms with Crippen LogP contribution in [-0.2, 0) is 0 Å². The Balaban J connectivity index is 2.93. The molecule has 0 fully saturated rings. The zero-order valence-electron chi connectivity index (χ0n) is 8.46. The molecule has 0 amide bonds. The second-order valence-electron chi connectivity index (χ2n) is 2.95. The Morgan fingerprint density at radius 1 is 1.53 bits per heavy atom. The second kappa shape index (κ2) is 5.46. The van der Waals surface area contributed by atoms with Gasteiger partial charge in [0.1, 0.15) is 16.8 Å². The predicted molar refractivity (Wildman–Crippen MR) is 60.5 cm³/mol. The molecule has 0 radical (unpaired) electrons. The van der Waals surface area contributed by atoms with E-state index in [1.54, 1.807) is 13.0 Å². The molecule has 1 aromatic rings. The molecule has 1 heterocycles. The highest BCUT2D eigenvalue weighted by Gasteiger charge is 2.09. The van der Waals surface area contributed by atoms with Gasteiger partial charge in [-0.25, -0.2) is 9.97 Å². The second-order valence-corrected chi connectivity index (χ2v) is 3.30. The number of carbonyl (C=O) groups is 1. The predicted octanol–water partition coefficient (Wildman–Crippen LogP) is 2.24. The monoisotopic (exact) mass is 225 g/mol. The van der Waals surface area contributed by atoms with Crippen molar-refractivity contribution in [3.63, 3.8) is 0 Å². The van der Waals surface area contributed by atoms with Crippen LogP contribution in [0.15, 0.2) is 12.7 Å². The summed E-state index contributed by atoms with van der Waals surface area (Å²) in [6.07, 6.45) is 3.22. The number of anilines is 1. The molecule has 1 N–H and O–H groups in total. The van der Waals surface area contributed by atoms with Gasteiger partial charge in [-0.1, -0.05) is 17.7 Å². The molecule has 5 heteroatoms. The van der Waals surface area contributed by atoms with Crippen LogP contribution in [0.25, 0.3) is 0 Å². The van der Waals surface area contributed by atoms with Gasteiger partial charge >= 0.3 is 0 Å². The van der Waals surface area contributed by atoms with Crippen molar-refractivity contribution in [2.45, 2.75) is 13.3 Å². The van der Waals surface area contributed by atoms with Crippen LogP contribution in [0.2, 0.25) is 5.15 Å². The third-order valence-corrected chi connectivity index (χ3v) is 2.06. The average molecular weight is 226 g/mol. The van der Waals surface area contributed by atoms with Gasteiger partial charge in [0.2, 0.25) is 0 Å². The summed E-state index contributed by atoms with van der Waals surface area (Å²) in [6, 6.07) is 0. The fourth-order valence-electron chi connectivity index (χ4n) is 1.08. The number of aryl methyl sites for hydroxylation is 1. The van der Waals surface area contributed by atoms with E-state index in [-0.39, 0.29) is 5.15 Å². The van der Waals surface area contributed by atoms with Crippen LogP contribution < -0.4 is 5.32 Å². The number of hydrogen-bond acceptors (Lipinski definition) is 4. The van der Waals surface area contributed by atoms with Crippen LogP contribution in [0.4, 0.5) is 5.82 Å². The van der Waals surface area contributed by atoms with Crippen LogP contribution >= 0.6 is 11.6 Å². The molecule has 4 nitrogen and oxygen atoms in total. The number of halogens is 1. The number of aromatic nitrogens is 2. The van der Waals surface area contributed by atoms with E-state index in [1.807, 2.05) is 0 Å². The first-order chi connectivity index (χ1) is 7.19. The van der Waals surface area contributed by atoms with E-state index in [9.17, 15) is 4.79 Å². The quantitative estimate of drug-likeness (QED) is 0.361. The van der Waals surface area contributed by atoms with Gasteiger partial charge in [0.25, 0.3) is 0 Å². The smallest absolute Gasteiger partial charge is 0.156 e. The summed E-state index contributed by atoms with van der Waals surface area (Å²) in [5.41, 5.74) is 0.298. The molecule has 15 heavy (non-hydrogen) atoms. The van der Waals surface area contributed by atoms with Crippen molar-refractivity contribution >= 4 is 23.7 Å². The molecule has 0 atom stereocenters. The fraction of sp³-hybridized carbons (Fsp3) is 0.300. The van der Waals surface area contributed by atoms with Crippen LogP contribution in [0, 0.1) is 6.92 Å². The molecule has 80 valence electrons. The Kier molecular flexibility index (Phi) is 4.24. The topological polar surface area (TPSA) is 54.9 Å². The molecule has 0 aliphatic rings. The molecular formula is C10H12ClN3O. The molecule has 0 bridgehead atoms. The molecule has 0 aliphatic carbocycles. The first-order valence-electron chi connectivity index (χ1n) is 4.53. The van der Waals surface area contributed by atoms with Gasteiger partial charge in [-0.15, -0.1) is 6.58 Å². The van der Waals surface area contributed by atoms with Gasteiger partial charge in [0, 0.05) is 6.54 Å². The summed E-state index contributed by atoms with van der Waals surface area (Å²) < 4.78 is 0. The molecule has 1 aromatic heterocycles. The van der Waals surface area contributed by atoms with E-state index < -0.39 is 0 Å². The SMILES string of the molecule is C=CCCNc1nc(C)nc(Cl)c1C=O. The summed E-state index contributed by atoms with van der Waals surface area (Å²) in [6.45, 7) is 5.99. The van der Waals surface area contributed by atoms with Gasteiger partial charge in [0.05, 0.1) is 5.56 Å². The highest BCUT2D eigenvalue weighted by molar-refractivity contribution is 6.32. The number of hydrogen-bond donors (Lipinski definition) is 1.